The molecule has 7 nitrogen and oxygen atoms in total. The summed E-state index contributed by atoms with van der Waals surface area (Å²) in [7, 11) is -2.32. The van der Waals surface area contributed by atoms with E-state index in [1.54, 1.807) is 12.1 Å². The quantitative estimate of drug-likeness (QED) is 0.314. The molecule has 3 unspecified atom stereocenters. The van der Waals surface area contributed by atoms with Crippen LogP contribution < -0.4 is 0 Å². The lowest BCUT2D eigenvalue weighted by molar-refractivity contribution is -0.183. The van der Waals surface area contributed by atoms with Crippen molar-refractivity contribution in [2.45, 2.75) is 82.9 Å². The fraction of sp³-hybridized carbons (Fsp3) is 0.536. The zero-order chi connectivity index (χ0) is 26.5. The molecule has 0 spiro atoms. The molecule has 198 valence electrons. The van der Waals surface area contributed by atoms with Gasteiger partial charge < -0.3 is 24.2 Å². The smallest absolute Gasteiger partial charge is 0.508 e. The Kier molecular flexibility index (Phi) is 9.57. The number of carbonyl (C=O) groups excluding carboxylic acids is 1. The van der Waals surface area contributed by atoms with Gasteiger partial charge in [-0.2, -0.15) is 0 Å². The molecule has 1 heterocycles. The highest BCUT2D eigenvalue weighted by Crippen LogP contribution is 2.45. The monoisotopic (exact) mass is 515 g/mol. The van der Waals surface area contributed by atoms with Crippen LogP contribution in [-0.4, -0.2) is 55.0 Å². The number of hydroxylamine groups is 2. The number of rotatable bonds is 9. The third kappa shape index (κ3) is 6.48. The van der Waals surface area contributed by atoms with Gasteiger partial charge in [0.05, 0.1) is 25.3 Å². The molecule has 3 atom stereocenters. The van der Waals surface area contributed by atoms with E-state index in [4.69, 9.17) is 14.0 Å². The summed E-state index contributed by atoms with van der Waals surface area (Å²) in [4.78, 5) is 18.0. The number of aliphatic hydroxyl groups is 1. The van der Waals surface area contributed by atoms with Crippen LogP contribution in [0.4, 0.5) is 4.79 Å². The first-order chi connectivity index (χ1) is 17.0. The molecule has 3 rings (SSSR count). The molecular weight excluding hydrogens is 474 g/mol. The number of piperidine rings is 1. The maximum Gasteiger partial charge on any atom is 0.528 e. The lowest BCUT2D eigenvalue weighted by Crippen LogP contribution is -2.58. The van der Waals surface area contributed by atoms with Gasteiger partial charge in [-0.15, -0.1) is 5.06 Å². The first kappa shape index (κ1) is 28.2. The lowest BCUT2D eigenvalue weighted by atomic mass is 9.85. The van der Waals surface area contributed by atoms with Crippen LogP contribution in [-0.2, 0) is 20.6 Å². The fourth-order valence-corrected chi connectivity index (χ4v) is 11.4. The van der Waals surface area contributed by atoms with Crippen LogP contribution in [0.25, 0.3) is 0 Å². The van der Waals surface area contributed by atoms with E-state index < -0.39 is 26.7 Å². The maximum atomic E-state index is 12.5. The second kappa shape index (κ2) is 12.2. The summed E-state index contributed by atoms with van der Waals surface area (Å²) in [5, 5.41) is 22.5. The van der Waals surface area contributed by atoms with E-state index in [0.717, 1.165) is 11.1 Å². The summed E-state index contributed by atoms with van der Waals surface area (Å²) >= 11 is 0. The number of phenols is 1. The minimum atomic E-state index is -2.32. The van der Waals surface area contributed by atoms with Crippen molar-refractivity contribution in [3.05, 3.63) is 65.7 Å². The minimum absolute atomic E-state index is 0.107. The van der Waals surface area contributed by atoms with Gasteiger partial charge >= 0.3 is 6.16 Å². The summed E-state index contributed by atoms with van der Waals surface area (Å²) in [5.74, 6) is -0.156. The highest BCUT2D eigenvalue weighted by atomic mass is 28.4. The number of ether oxygens (including phenoxy) is 1. The normalized spacial score (nSPS) is 21.2. The van der Waals surface area contributed by atoms with Crippen LogP contribution in [0.15, 0.2) is 54.6 Å². The van der Waals surface area contributed by atoms with Crippen LogP contribution >= 0.6 is 0 Å². The number of β-amino-alcohol motifs (C(OH)–C–C–N with tert-alkyl or cyclic N) is 1. The second-order valence-corrected chi connectivity index (χ2v) is 16.0. The largest absolute Gasteiger partial charge is 0.528 e. The lowest BCUT2D eigenvalue weighted by Gasteiger charge is -2.49. The van der Waals surface area contributed by atoms with E-state index >= 15 is 0 Å². The molecule has 36 heavy (non-hydrogen) atoms. The Hall–Kier alpha value is -2.39. The van der Waals surface area contributed by atoms with Crippen LogP contribution in [0.1, 0.15) is 58.6 Å². The van der Waals surface area contributed by atoms with Gasteiger partial charge in [0, 0.05) is 5.92 Å². The first-order valence-corrected chi connectivity index (χ1v) is 15.0. The van der Waals surface area contributed by atoms with Crippen LogP contribution in [0.2, 0.25) is 16.6 Å². The SMILES string of the molecule is CC(C)[Si](OC1CN(OC(=O)OCc2ccccc2)CC(O)C1c1ccc(O)cc1)(C(C)C)C(C)C. The number of hydrogen-bond acceptors (Lipinski definition) is 7. The second-order valence-electron chi connectivity index (χ2n) is 10.6. The number of nitrogens with zero attached hydrogens (tertiary/aromatic N) is 1. The predicted molar refractivity (Wildman–Crippen MR) is 142 cm³/mol. The topological polar surface area (TPSA) is 88.5 Å². The molecule has 0 bridgehead atoms. The molecule has 0 aromatic heterocycles. The first-order valence-electron chi connectivity index (χ1n) is 12.8. The molecule has 2 N–H and O–H groups in total. The Balaban J connectivity index is 1.83. The summed E-state index contributed by atoms with van der Waals surface area (Å²) in [6.07, 6.45) is -2.06. The van der Waals surface area contributed by atoms with Gasteiger partial charge in [0.25, 0.3) is 0 Å². The summed E-state index contributed by atoms with van der Waals surface area (Å²) in [5.41, 5.74) is 2.80. The van der Waals surface area contributed by atoms with Crippen molar-refractivity contribution < 1.29 is 29.0 Å². The molecule has 1 aliphatic rings. The maximum absolute atomic E-state index is 12.5. The van der Waals surface area contributed by atoms with Crippen molar-refractivity contribution in [1.82, 2.24) is 5.06 Å². The van der Waals surface area contributed by atoms with E-state index in [0.29, 0.717) is 23.2 Å². The van der Waals surface area contributed by atoms with Crippen molar-refractivity contribution in [3.63, 3.8) is 0 Å². The predicted octanol–water partition coefficient (Wildman–Crippen LogP) is 5.98. The van der Waals surface area contributed by atoms with E-state index in [1.165, 1.54) is 5.06 Å². The van der Waals surface area contributed by atoms with Crippen LogP contribution in [0, 0.1) is 0 Å². The van der Waals surface area contributed by atoms with Gasteiger partial charge in [-0.25, -0.2) is 4.79 Å². The number of hydrogen-bond donors (Lipinski definition) is 2. The van der Waals surface area contributed by atoms with Crippen molar-refractivity contribution in [1.29, 1.82) is 0 Å². The standard InChI is InChI=1S/C28H41NO6Si/c1-19(2)36(20(3)4,21(5)6)35-26-17-29(34-28(32)33-18-22-10-8-7-9-11-22)16-25(31)27(26)23-12-14-24(30)15-13-23/h7-15,19-21,25-27,30-31H,16-18H2,1-6H3. The van der Waals surface area contributed by atoms with Crippen molar-refractivity contribution in [2.24, 2.45) is 0 Å². The molecule has 1 aliphatic heterocycles. The fourth-order valence-electron chi connectivity index (χ4n) is 5.80. The van der Waals surface area contributed by atoms with E-state index in [2.05, 4.69) is 41.5 Å². The zero-order valence-corrected chi connectivity index (χ0v) is 23.3. The minimum Gasteiger partial charge on any atom is -0.508 e. The Labute approximate surface area is 216 Å². The molecule has 0 amide bonds. The Bertz CT molecular complexity index is 944. The third-order valence-electron chi connectivity index (χ3n) is 7.33. The molecule has 8 heteroatoms. The van der Waals surface area contributed by atoms with Gasteiger partial charge in [-0.05, 0) is 39.9 Å². The van der Waals surface area contributed by atoms with Gasteiger partial charge in [-0.1, -0.05) is 84.0 Å². The average Bonchev–Trinajstić information content (AvgIpc) is 2.82. The number of benzene rings is 2. The van der Waals surface area contributed by atoms with E-state index in [1.807, 2.05) is 42.5 Å². The number of aliphatic hydroxyl groups excluding tert-OH is 1. The summed E-state index contributed by atoms with van der Waals surface area (Å²) in [6, 6.07) is 16.3. The van der Waals surface area contributed by atoms with Crippen LogP contribution in [0.5, 0.6) is 5.75 Å². The summed E-state index contributed by atoms with van der Waals surface area (Å²) < 4.78 is 12.4. The van der Waals surface area contributed by atoms with Crippen LogP contribution in [0.3, 0.4) is 0 Å². The molecular formula is C28H41NO6Si. The molecule has 2 aromatic rings. The van der Waals surface area contributed by atoms with E-state index in [9.17, 15) is 15.0 Å². The van der Waals surface area contributed by atoms with Gasteiger partial charge in [0.2, 0.25) is 8.32 Å². The third-order valence-corrected chi connectivity index (χ3v) is 13.5. The van der Waals surface area contributed by atoms with E-state index in [-0.39, 0.29) is 24.8 Å². The van der Waals surface area contributed by atoms with Gasteiger partial charge in [0.15, 0.2) is 0 Å². The Morgan fingerprint density at radius 1 is 0.944 bits per heavy atom. The summed E-state index contributed by atoms with van der Waals surface area (Å²) in [6.45, 7) is 13.9. The Morgan fingerprint density at radius 2 is 1.53 bits per heavy atom. The average molecular weight is 516 g/mol. The van der Waals surface area contributed by atoms with Gasteiger partial charge in [-0.3, -0.25) is 0 Å². The highest BCUT2D eigenvalue weighted by molar-refractivity contribution is 6.77. The molecule has 0 saturated carbocycles. The molecule has 0 aliphatic carbocycles. The number of aromatic hydroxyl groups is 1. The highest BCUT2D eigenvalue weighted by Gasteiger charge is 2.50. The molecule has 2 aromatic carbocycles. The number of carbonyl (C=O) groups is 1. The number of phenolic OH excluding ortho intramolecular Hbond substituents is 1. The Morgan fingerprint density at radius 3 is 2.08 bits per heavy atom. The molecule has 0 radical (unpaired) electrons. The zero-order valence-electron chi connectivity index (χ0n) is 22.3. The van der Waals surface area contributed by atoms with Crippen molar-refractivity contribution in [2.75, 3.05) is 13.1 Å². The molecule has 1 saturated heterocycles. The van der Waals surface area contributed by atoms with Crippen molar-refractivity contribution >= 4 is 14.5 Å². The molecule has 1 fully saturated rings. The van der Waals surface area contributed by atoms with Crippen molar-refractivity contribution in [3.8, 4) is 5.75 Å². The van der Waals surface area contributed by atoms with Gasteiger partial charge in [0.1, 0.15) is 12.4 Å².